The van der Waals surface area contributed by atoms with Crippen molar-refractivity contribution in [3.05, 3.63) is 15.6 Å². The summed E-state index contributed by atoms with van der Waals surface area (Å²) >= 11 is 1.59. The molecule has 5 nitrogen and oxygen atoms in total. The molecule has 0 amide bonds. The highest BCUT2D eigenvalue weighted by Crippen LogP contribution is 2.20. The number of hydrogen-bond donors (Lipinski definition) is 1. The van der Waals surface area contributed by atoms with Gasteiger partial charge in [-0.05, 0) is 13.8 Å². The fourth-order valence-corrected chi connectivity index (χ4v) is 2.93. The Labute approximate surface area is 111 Å². The Morgan fingerprint density at radius 2 is 2.22 bits per heavy atom. The summed E-state index contributed by atoms with van der Waals surface area (Å²) in [4.78, 5) is 19.4. The first-order chi connectivity index (χ1) is 8.70. The molecule has 0 spiro atoms. The SMILES string of the molecule is CCOC(=O)c1nc(CN2CCNCC2)sc1C. The molecule has 1 N–H and O–H groups in total. The monoisotopic (exact) mass is 269 g/mol. The quantitative estimate of drug-likeness (QED) is 0.828. The standard InChI is InChI=1S/C12H19N3O2S/c1-3-17-12(16)11-9(2)18-10(14-11)8-15-6-4-13-5-7-15/h13H,3-8H2,1-2H3. The smallest absolute Gasteiger partial charge is 0.358 e. The number of carbonyl (C=O) groups excluding carboxylic acids is 1. The highest BCUT2D eigenvalue weighted by Gasteiger charge is 2.18. The van der Waals surface area contributed by atoms with Gasteiger partial charge in [0.05, 0.1) is 13.2 Å². The molecule has 1 aliphatic heterocycles. The van der Waals surface area contributed by atoms with Crippen LogP contribution < -0.4 is 5.32 Å². The van der Waals surface area contributed by atoms with E-state index in [0.29, 0.717) is 12.3 Å². The number of rotatable bonds is 4. The molecule has 0 aromatic carbocycles. The third kappa shape index (κ3) is 3.28. The van der Waals surface area contributed by atoms with Crippen molar-refractivity contribution < 1.29 is 9.53 Å². The van der Waals surface area contributed by atoms with Crippen molar-refractivity contribution in [1.82, 2.24) is 15.2 Å². The molecule has 100 valence electrons. The Hall–Kier alpha value is -0.980. The van der Waals surface area contributed by atoms with Crippen LogP contribution in [0.15, 0.2) is 0 Å². The van der Waals surface area contributed by atoms with Crippen LogP contribution in [-0.4, -0.2) is 48.6 Å². The number of nitrogens with one attached hydrogen (secondary N) is 1. The van der Waals surface area contributed by atoms with Crippen molar-refractivity contribution in [2.75, 3.05) is 32.8 Å². The van der Waals surface area contributed by atoms with Gasteiger partial charge in [-0.3, -0.25) is 4.90 Å². The maximum atomic E-state index is 11.7. The van der Waals surface area contributed by atoms with Crippen LogP contribution in [-0.2, 0) is 11.3 Å². The van der Waals surface area contributed by atoms with Gasteiger partial charge < -0.3 is 10.1 Å². The van der Waals surface area contributed by atoms with E-state index in [-0.39, 0.29) is 5.97 Å². The van der Waals surface area contributed by atoms with Crippen molar-refractivity contribution in [2.45, 2.75) is 20.4 Å². The summed E-state index contributed by atoms with van der Waals surface area (Å²) in [6, 6.07) is 0. The number of esters is 1. The molecule has 0 aliphatic carbocycles. The van der Waals surface area contributed by atoms with Gasteiger partial charge in [0.2, 0.25) is 0 Å². The second kappa shape index (κ2) is 6.26. The number of ether oxygens (including phenoxy) is 1. The molecule has 2 heterocycles. The number of aromatic nitrogens is 1. The summed E-state index contributed by atoms with van der Waals surface area (Å²) in [5.74, 6) is -0.308. The predicted molar refractivity (Wildman–Crippen MR) is 71.0 cm³/mol. The summed E-state index contributed by atoms with van der Waals surface area (Å²) in [6.45, 7) is 9.06. The lowest BCUT2D eigenvalue weighted by molar-refractivity contribution is 0.0519. The van der Waals surface area contributed by atoms with Gasteiger partial charge >= 0.3 is 5.97 Å². The zero-order valence-corrected chi connectivity index (χ0v) is 11.7. The van der Waals surface area contributed by atoms with Gasteiger partial charge in [0.15, 0.2) is 5.69 Å². The van der Waals surface area contributed by atoms with Crippen LogP contribution >= 0.6 is 11.3 Å². The summed E-state index contributed by atoms with van der Waals surface area (Å²) in [5, 5.41) is 4.32. The number of aryl methyl sites for hydroxylation is 1. The summed E-state index contributed by atoms with van der Waals surface area (Å²) < 4.78 is 4.99. The minimum atomic E-state index is -0.308. The van der Waals surface area contributed by atoms with E-state index in [0.717, 1.165) is 42.6 Å². The predicted octanol–water partition coefficient (Wildman–Crippen LogP) is 1.03. The Morgan fingerprint density at radius 1 is 1.50 bits per heavy atom. The number of thiazole rings is 1. The first kappa shape index (κ1) is 13.5. The van der Waals surface area contributed by atoms with Crippen LogP contribution in [0.25, 0.3) is 0 Å². The van der Waals surface area contributed by atoms with Gasteiger partial charge in [0.25, 0.3) is 0 Å². The maximum absolute atomic E-state index is 11.7. The normalized spacial score (nSPS) is 16.8. The second-order valence-corrected chi connectivity index (χ2v) is 5.55. The lowest BCUT2D eigenvalue weighted by atomic mass is 10.3. The van der Waals surface area contributed by atoms with E-state index in [1.165, 1.54) is 0 Å². The second-order valence-electron chi connectivity index (χ2n) is 4.26. The Bertz CT molecular complexity index is 413. The fourth-order valence-electron chi connectivity index (χ4n) is 1.97. The zero-order chi connectivity index (χ0) is 13.0. The highest BCUT2D eigenvalue weighted by atomic mass is 32.1. The Balaban J connectivity index is 2.01. The van der Waals surface area contributed by atoms with Crippen LogP contribution in [0.2, 0.25) is 0 Å². The third-order valence-electron chi connectivity index (χ3n) is 2.88. The molecule has 1 fully saturated rings. The molecular weight excluding hydrogens is 250 g/mol. The average Bonchev–Trinajstić information content (AvgIpc) is 2.72. The first-order valence-electron chi connectivity index (χ1n) is 6.27. The number of carbonyl (C=O) groups is 1. The van der Waals surface area contributed by atoms with Gasteiger partial charge in [-0.1, -0.05) is 0 Å². The van der Waals surface area contributed by atoms with Crippen molar-refractivity contribution in [2.24, 2.45) is 0 Å². The molecule has 2 rings (SSSR count). The molecule has 18 heavy (non-hydrogen) atoms. The van der Waals surface area contributed by atoms with Crippen molar-refractivity contribution >= 4 is 17.3 Å². The average molecular weight is 269 g/mol. The van der Waals surface area contributed by atoms with Crippen LogP contribution in [0.4, 0.5) is 0 Å². The van der Waals surface area contributed by atoms with E-state index in [2.05, 4.69) is 15.2 Å². The molecule has 0 unspecified atom stereocenters. The molecule has 0 saturated carbocycles. The number of nitrogens with zero attached hydrogens (tertiary/aromatic N) is 2. The fraction of sp³-hybridized carbons (Fsp3) is 0.667. The summed E-state index contributed by atoms with van der Waals surface area (Å²) in [6.07, 6.45) is 0. The van der Waals surface area contributed by atoms with Crippen LogP contribution in [0, 0.1) is 6.92 Å². The number of hydrogen-bond acceptors (Lipinski definition) is 6. The van der Waals surface area contributed by atoms with Gasteiger partial charge in [0, 0.05) is 31.1 Å². The minimum absolute atomic E-state index is 0.308. The summed E-state index contributed by atoms with van der Waals surface area (Å²) in [7, 11) is 0. The van der Waals surface area contributed by atoms with E-state index in [9.17, 15) is 4.79 Å². The molecule has 1 saturated heterocycles. The minimum Gasteiger partial charge on any atom is -0.461 e. The largest absolute Gasteiger partial charge is 0.461 e. The molecule has 6 heteroatoms. The molecule has 1 aliphatic rings. The van der Waals surface area contributed by atoms with E-state index < -0.39 is 0 Å². The molecular formula is C12H19N3O2S. The van der Waals surface area contributed by atoms with E-state index >= 15 is 0 Å². The third-order valence-corrected chi connectivity index (χ3v) is 3.83. The van der Waals surface area contributed by atoms with Crippen LogP contribution in [0.3, 0.4) is 0 Å². The van der Waals surface area contributed by atoms with E-state index in [4.69, 9.17) is 4.74 Å². The van der Waals surface area contributed by atoms with E-state index in [1.54, 1.807) is 18.3 Å². The van der Waals surface area contributed by atoms with Crippen molar-refractivity contribution in [3.63, 3.8) is 0 Å². The highest BCUT2D eigenvalue weighted by molar-refractivity contribution is 7.11. The Kier molecular flexibility index (Phi) is 4.68. The molecule has 0 radical (unpaired) electrons. The molecule has 0 bridgehead atoms. The van der Waals surface area contributed by atoms with Gasteiger partial charge in [0.1, 0.15) is 5.01 Å². The van der Waals surface area contributed by atoms with Gasteiger partial charge in [-0.15, -0.1) is 11.3 Å². The van der Waals surface area contributed by atoms with Crippen molar-refractivity contribution in [3.8, 4) is 0 Å². The Morgan fingerprint density at radius 3 is 2.89 bits per heavy atom. The first-order valence-corrected chi connectivity index (χ1v) is 7.09. The lowest BCUT2D eigenvalue weighted by Gasteiger charge is -2.26. The summed E-state index contributed by atoms with van der Waals surface area (Å²) in [5.41, 5.74) is 0.479. The van der Waals surface area contributed by atoms with Crippen LogP contribution in [0.5, 0.6) is 0 Å². The van der Waals surface area contributed by atoms with Gasteiger partial charge in [-0.2, -0.15) is 0 Å². The molecule has 0 atom stereocenters. The maximum Gasteiger partial charge on any atom is 0.358 e. The molecule has 1 aromatic heterocycles. The topological polar surface area (TPSA) is 54.5 Å². The van der Waals surface area contributed by atoms with Crippen molar-refractivity contribution in [1.29, 1.82) is 0 Å². The van der Waals surface area contributed by atoms with Crippen LogP contribution in [0.1, 0.15) is 27.3 Å². The lowest BCUT2D eigenvalue weighted by Crippen LogP contribution is -2.42. The van der Waals surface area contributed by atoms with Gasteiger partial charge in [-0.25, -0.2) is 9.78 Å². The number of piperazine rings is 1. The van der Waals surface area contributed by atoms with E-state index in [1.807, 2.05) is 6.92 Å². The molecule has 1 aromatic rings. The zero-order valence-electron chi connectivity index (χ0n) is 10.9.